The summed E-state index contributed by atoms with van der Waals surface area (Å²) in [6.07, 6.45) is 0.992. The van der Waals surface area contributed by atoms with Crippen molar-refractivity contribution < 1.29 is 0 Å². The second-order valence-corrected chi connectivity index (χ2v) is 5.92. The zero-order chi connectivity index (χ0) is 13.7. The van der Waals surface area contributed by atoms with E-state index in [1.807, 2.05) is 0 Å². The first-order chi connectivity index (χ1) is 9.75. The molecule has 2 aromatic carbocycles. The van der Waals surface area contributed by atoms with Gasteiger partial charge in [0.15, 0.2) is 5.11 Å². The second-order valence-electron chi connectivity index (χ2n) is 5.55. The highest BCUT2D eigenvalue weighted by atomic mass is 32.1. The number of hydrogen-bond acceptors (Lipinski definition) is 1. The second kappa shape index (κ2) is 4.32. The van der Waals surface area contributed by atoms with Gasteiger partial charge in [0.2, 0.25) is 0 Å². The minimum Gasteiger partial charge on any atom is -0.349 e. The molecule has 0 N–H and O–H groups in total. The summed E-state index contributed by atoms with van der Waals surface area (Å²) in [5.41, 5.74) is 5.46. The molecule has 2 nitrogen and oxygen atoms in total. The molecule has 3 heteroatoms. The van der Waals surface area contributed by atoms with E-state index in [-0.39, 0.29) is 0 Å². The quantitative estimate of drug-likeness (QED) is 0.683. The van der Waals surface area contributed by atoms with Gasteiger partial charge in [-0.1, -0.05) is 42.5 Å². The van der Waals surface area contributed by atoms with Crippen molar-refractivity contribution in [1.82, 2.24) is 4.90 Å². The number of rotatable bonds is 0. The molecule has 0 saturated carbocycles. The molecule has 2 aliphatic rings. The topological polar surface area (TPSA) is 6.48 Å². The van der Waals surface area contributed by atoms with E-state index in [2.05, 4.69) is 65.4 Å². The molecule has 0 aromatic heterocycles. The van der Waals surface area contributed by atoms with Crippen LogP contribution in [0.2, 0.25) is 0 Å². The molecule has 0 spiro atoms. The molecule has 0 amide bonds. The Labute approximate surface area is 124 Å². The number of likely N-dealkylation sites (N-methyl/N-ethyl adjacent to an activating group) is 1. The SMILES string of the molecule is CN1CC2c3ccccc3Cc3ccccc3N2C1=S. The Hall–Kier alpha value is -1.87. The Morgan fingerprint density at radius 2 is 1.70 bits per heavy atom. The zero-order valence-electron chi connectivity index (χ0n) is 11.4. The summed E-state index contributed by atoms with van der Waals surface area (Å²) in [5, 5.41) is 0.930. The third-order valence-corrected chi connectivity index (χ3v) is 4.85. The fourth-order valence-electron chi connectivity index (χ4n) is 3.37. The van der Waals surface area contributed by atoms with Gasteiger partial charge < -0.3 is 9.80 Å². The summed E-state index contributed by atoms with van der Waals surface area (Å²) in [4.78, 5) is 4.51. The number of nitrogens with zero attached hydrogens (tertiary/aromatic N) is 2. The lowest BCUT2D eigenvalue weighted by Gasteiger charge is -2.25. The van der Waals surface area contributed by atoms with Crippen LogP contribution in [0.25, 0.3) is 0 Å². The highest BCUT2D eigenvalue weighted by Gasteiger charge is 2.37. The van der Waals surface area contributed by atoms with Crippen molar-refractivity contribution in [2.24, 2.45) is 0 Å². The van der Waals surface area contributed by atoms with E-state index in [4.69, 9.17) is 12.2 Å². The number of hydrogen-bond donors (Lipinski definition) is 0. The van der Waals surface area contributed by atoms with E-state index in [9.17, 15) is 0 Å². The van der Waals surface area contributed by atoms with Crippen LogP contribution in [0.4, 0.5) is 5.69 Å². The smallest absolute Gasteiger partial charge is 0.176 e. The molecule has 0 bridgehead atoms. The number of thiocarbonyl (C=S) groups is 1. The van der Waals surface area contributed by atoms with Crippen LogP contribution in [-0.2, 0) is 6.42 Å². The Bertz CT molecular complexity index is 695. The summed E-state index contributed by atoms with van der Waals surface area (Å²) in [6, 6.07) is 17.7. The molecule has 1 saturated heterocycles. The molecule has 1 atom stereocenters. The summed E-state index contributed by atoms with van der Waals surface area (Å²) >= 11 is 5.66. The lowest BCUT2D eigenvalue weighted by atomic mass is 9.97. The number of fused-ring (bicyclic) bond motifs is 5. The van der Waals surface area contributed by atoms with Gasteiger partial charge in [-0.2, -0.15) is 0 Å². The minimum atomic E-state index is 0.340. The predicted octanol–water partition coefficient (Wildman–Crippen LogP) is 3.37. The normalized spacial score (nSPS) is 20.2. The maximum absolute atomic E-state index is 5.66. The Morgan fingerprint density at radius 3 is 2.55 bits per heavy atom. The van der Waals surface area contributed by atoms with Crippen LogP contribution in [0, 0.1) is 0 Å². The number of anilines is 1. The van der Waals surface area contributed by atoms with Crippen LogP contribution in [0.3, 0.4) is 0 Å². The van der Waals surface area contributed by atoms with Gasteiger partial charge in [0.05, 0.1) is 6.04 Å². The van der Waals surface area contributed by atoms with E-state index >= 15 is 0 Å². The van der Waals surface area contributed by atoms with Gasteiger partial charge in [0.25, 0.3) is 0 Å². The molecule has 4 rings (SSSR count). The fourth-order valence-corrected chi connectivity index (χ4v) is 3.67. The van der Waals surface area contributed by atoms with Gasteiger partial charge in [0.1, 0.15) is 0 Å². The summed E-state index contributed by atoms with van der Waals surface area (Å²) in [6.45, 7) is 0.962. The maximum atomic E-state index is 5.66. The number of benzene rings is 2. The van der Waals surface area contributed by atoms with Gasteiger partial charge in [0, 0.05) is 19.3 Å². The maximum Gasteiger partial charge on any atom is 0.176 e. The zero-order valence-corrected chi connectivity index (χ0v) is 12.2. The van der Waals surface area contributed by atoms with Gasteiger partial charge in [-0.3, -0.25) is 0 Å². The minimum absolute atomic E-state index is 0.340. The van der Waals surface area contributed by atoms with Crippen LogP contribution in [0.1, 0.15) is 22.7 Å². The monoisotopic (exact) mass is 280 g/mol. The van der Waals surface area contributed by atoms with E-state index in [1.54, 1.807) is 0 Å². The van der Waals surface area contributed by atoms with Crippen molar-refractivity contribution in [3.05, 3.63) is 65.2 Å². The molecular formula is C17H16N2S. The summed E-state index contributed by atoms with van der Waals surface area (Å²) < 4.78 is 0. The van der Waals surface area contributed by atoms with Gasteiger partial charge in [-0.05, 0) is 41.4 Å². The molecule has 2 aliphatic heterocycles. The molecular weight excluding hydrogens is 264 g/mol. The molecule has 2 aromatic rings. The van der Waals surface area contributed by atoms with E-state index < -0.39 is 0 Å². The molecule has 1 fully saturated rings. The first-order valence-electron chi connectivity index (χ1n) is 6.96. The summed E-state index contributed by atoms with van der Waals surface area (Å²) in [5.74, 6) is 0. The van der Waals surface area contributed by atoms with Gasteiger partial charge in [-0.25, -0.2) is 0 Å². The first-order valence-corrected chi connectivity index (χ1v) is 7.36. The summed E-state index contributed by atoms with van der Waals surface area (Å²) in [7, 11) is 2.09. The third-order valence-electron chi connectivity index (χ3n) is 4.34. The lowest BCUT2D eigenvalue weighted by Crippen LogP contribution is -2.30. The van der Waals surface area contributed by atoms with Gasteiger partial charge >= 0.3 is 0 Å². The number of para-hydroxylation sites is 1. The molecule has 100 valence electrons. The van der Waals surface area contributed by atoms with Crippen LogP contribution in [0.5, 0.6) is 0 Å². The van der Waals surface area contributed by atoms with Crippen molar-refractivity contribution in [2.75, 3.05) is 18.5 Å². The van der Waals surface area contributed by atoms with E-state index in [1.165, 1.54) is 22.4 Å². The fraction of sp³-hybridized carbons (Fsp3) is 0.235. The predicted molar refractivity (Wildman–Crippen MR) is 86.1 cm³/mol. The van der Waals surface area contributed by atoms with Crippen molar-refractivity contribution in [1.29, 1.82) is 0 Å². The van der Waals surface area contributed by atoms with Crippen LogP contribution in [0.15, 0.2) is 48.5 Å². The average Bonchev–Trinajstić information content (AvgIpc) is 2.68. The molecule has 1 unspecified atom stereocenters. The largest absolute Gasteiger partial charge is 0.349 e. The van der Waals surface area contributed by atoms with Crippen molar-refractivity contribution >= 4 is 23.0 Å². The lowest BCUT2D eigenvalue weighted by molar-refractivity contribution is 0.524. The Kier molecular flexibility index (Phi) is 2.57. The van der Waals surface area contributed by atoms with Crippen LogP contribution >= 0.6 is 12.2 Å². The van der Waals surface area contributed by atoms with Crippen molar-refractivity contribution in [2.45, 2.75) is 12.5 Å². The highest BCUT2D eigenvalue weighted by Crippen LogP contribution is 2.41. The van der Waals surface area contributed by atoms with E-state index in [0.29, 0.717) is 6.04 Å². The van der Waals surface area contributed by atoms with E-state index in [0.717, 1.165) is 18.1 Å². The first kappa shape index (κ1) is 11.9. The highest BCUT2D eigenvalue weighted by molar-refractivity contribution is 7.80. The van der Waals surface area contributed by atoms with Crippen molar-refractivity contribution in [3.8, 4) is 0 Å². The van der Waals surface area contributed by atoms with Gasteiger partial charge in [-0.15, -0.1) is 0 Å². The molecule has 0 aliphatic carbocycles. The molecule has 2 heterocycles. The Morgan fingerprint density at radius 1 is 1.00 bits per heavy atom. The van der Waals surface area contributed by atoms with Crippen LogP contribution in [-0.4, -0.2) is 23.6 Å². The molecule has 20 heavy (non-hydrogen) atoms. The molecule has 0 radical (unpaired) electrons. The Balaban J connectivity index is 1.98. The standard InChI is InChI=1S/C17H16N2S/c1-18-11-16-14-8-4-2-6-12(14)10-13-7-3-5-9-15(13)19(16)17(18)20/h2-9,16H,10-11H2,1H3. The van der Waals surface area contributed by atoms with Crippen LogP contribution < -0.4 is 4.90 Å². The third kappa shape index (κ3) is 1.59. The van der Waals surface area contributed by atoms with Crippen molar-refractivity contribution in [3.63, 3.8) is 0 Å². The average molecular weight is 280 g/mol.